The molecular formula is C16H13Cl. The molecule has 0 saturated heterocycles. The van der Waals surface area contributed by atoms with E-state index in [0.717, 1.165) is 16.1 Å². The van der Waals surface area contributed by atoms with Crippen LogP contribution in [0.4, 0.5) is 0 Å². The van der Waals surface area contributed by atoms with Crippen LogP contribution in [0, 0.1) is 26.2 Å². The van der Waals surface area contributed by atoms with E-state index in [1.807, 2.05) is 24.3 Å². The molecule has 2 aromatic carbocycles. The van der Waals surface area contributed by atoms with Gasteiger partial charge in [-0.15, -0.1) is 6.42 Å². The summed E-state index contributed by atoms with van der Waals surface area (Å²) in [5.41, 5.74) is 5.46. The predicted octanol–water partition coefficient (Wildman–Crippen LogP) is 4.61. The third-order valence-corrected chi connectivity index (χ3v) is 3.21. The Bertz CT molecular complexity index is 583. The van der Waals surface area contributed by atoms with Crippen molar-refractivity contribution < 1.29 is 0 Å². The van der Waals surface area contributed by atoms with Crippen molar-refractivity contribution in [2.45, 2.75) is 13.8 Å². The molecule has 0 fully saturated rings. The summed E-state index contributed by atoms with van der Waals surface area (Å²) in [5, 5.41) is 0.737. The first-order valence-electron chi connectivity index (χ1n) is 5.46. The van der Waals surface area contributed by atoms with Crippen LogP contribution in [0.2, 0.25) is 5.02 Å². The summed E-state index contributed by atoms with van der Waals surface area (Å²) in [6, 6.07) is 11.9. The molecule has 0 N–H and O–H groups in total. The lowest BCUT2D eigenvalue weighted by molar-refractivity contribution is 1.38. The van der Waals surface area contributed by atoms with Gasteiger partial charge in [0.2, 0.25) is 0 Å². The van der Waals surface area contributed by atoms with Crippen LogP contribution >= 0.6 is 11.6 Å². The van der Waals surface area contributed by atoms with E-state index in [4.69, 9.17) is 18.0 Å². The molecule has 0 amide bonds. The van der Waals surface area contributed by atoms with Crippen molar-refractivity contribution in [1.29, 1.82) is 0 Å². The summed E-state index contributed by atoms with van der Waals surface area (Å²) >= 11 is 6.26. The molecule has 17 heavy (non-hydrogen) atoms. The minimum absolute atomic E-state index is 0.737. The fourth-order valence-corrected chi connectivity index (χ4v) is 2.26. The molecule has 0 aliphatic rings. The summed E-state index contributed by atoms with van der Waals surface area (Å²) in [6.07, 6.45) is 5.43. The molecule has 0 spiro atoms. The van der Waals surface area contributed by atoms with Gasteiger partial charge in [-0.05, 0) is 48.7 Å². The van der Waals surface area contributed by atoms with Crippen molar-refractivity contribution in [2.75, 3.05) is 0 Å². The van der Waals surface area contributed by atoms with E-state index in [9.17, 15) is 0 Å². The van der Waals surface area contributed by atoms with E-state index < -0.39 is 0 Å². The Balaban J connectivity index is 2.73. The van der Waals surface area contributed by atoms with Crippen molar-refractivity contribution in [3.05, 3.63) is 58.1 Å². The van der Waals surface area contributed by atoms with Gasteiger partial charge in [0.1, 0.15) is 0 Å². The van der Waals surface area contributed by atoms with Gasteiger partial charge in [0, 0.05) is 16.1 Å². The molecule has 0 aliphatic heterocycles. The standard InChI is InChI=1S/C16H13Cl/c1-4-13-8-9-15(17)14(10-13)16-11(2)6-5-7-12(16)3/h1,5-10H,2-3H3. The molecule has 0 heterocycles. The Kier molecular flexibility index (Phi) is 3.22. The summed E-state index contributed by atoms with van der Waals surface area (Å²) in [6.45, 7) is 4.17. The number of rotatable bonds is 1. The van der Waals surface area contributed by atoms with Crippen molar-refractivity contribution >= 4 is 11.6 Å². The molecule has 0 unspecified atom stereocenters. The van der Waals surface area contributed by atoms with Crippen molar-refractivity contribution in [1.82, 2.24) is 0 Å². The maximum absolute atomic E-state index is 6.26. The Morgan fingerprint density at radius 2 is 1.71 bits per heavy atom. The zero-order valence-electron chi connectivity index (χ0n) is 9.92. The average Bonchev–Trinajstić information content (AvgIpc) is 2.31. The molecule has 1 heteroatoms. The third kappa shape index (κ3) is 2.20. The fourth-order valence-electron chi connectivity index (χ4n) is 2.05. The van der Waals surface area contributed by atoms with E-state index in [2.05, 4.69) is 31.9 Å². The van der Waals surface area contributed by atoms with E-state index in [1.54, 1.807) is 0 Å². The Morgan fingerprint density at radius 1 is 1.06 bits per heavy atom. The van der Waals surface area contributed by atoms with E-state index in [0.29, 0.717) is 0 Å². The minimum atomic E-state index is 0.737. The summed E-state index contributed by atoms with van der Waals surface area (Å²) in [7, 11) is 0. The molecule has 0 atom stereocenters. The highest BCUT2D eigenvalue weighted by Gasteiger charge is 2.09. The van der Waals surface area contributed by atoms with Gasteiger partial charge in [0.05, 0.1) is 0 Å². The molecule has 0 radical (unpaired) electrons. The smallest absolute Gasteiger partial charge is 0.0485 e. The highest BCUT2D eigenvalue weighted by atomic mass is 35.5. The van der Waals surface area contributed by atoms with Gasteiger partial charge in [-0.2, -0.15) is 0 Å². The third-order valence-electron chi connectivity index (χ3n) is 2.88. The number of benzene rings is 2. The van der Waals surface area contributed by atoms with Crippen LogP contribution in [0.1, 0.15) is 16.7 Å². The SMILES string of the molecule is C#Cc1ccc(Cl)c(-c2c(C)cccc2C)c1. The van der Waals surface area contributed by atoms with Crippen LogP contribution in [-0.4, -0.2) is 0 Å². The van der Waals surface area contributed by atoms with Crippen molar-refractivity contribution in [3.8, 4) is 23.5 Å². The largest absolute Gasteiger partial charge is 0.115 e. The predicted molar refractivity (Wildman–Crippen MR) is 74.3 cm³/mol. The molecule has 0 nitrogen and oxygen atoms in total. The molecular weight excluding hydrogens is 228 g/mol. The second-order valence-corrected chi connectivity index (χ2v) is 4.51. The summed E-state index contributed by atoms with van der Waals surface area (Å²) in [5.74, 6) is 2.64. The number of aryl methyl sites for hydroxylation is 2. The first kappa shape index (κ1) is 11.8. The second kappa shape index (κ2) is 4.65. The fraction of sp³-hybridized carbons (Fsp3) is 0.125. The maximum atomic E-state index is 6.26. The zero-order valence-corrected chi connectivity index (χ0v) is 10.7. The molecule has 2 rings (SSSR count). The topological polar surface area (TPSA) is 0 Å². The Morgan fingerprint density at radius 3 is 2.29 bits per heavy atom. The quantitative estimate of drug-likeness (QED) is 0.639. The van der Waals surface area contributed by atoms with Crippen molar-refractivity contribution in [3.63, 3.8) is 0 Å². The lowest BCUT2D eigenvalue weighted by atomic mass is 9.95. The van der Waals surface area contributed by atoms with Gasteiger partial charge >= 0.3 is 0 Å². The van der Waals surface area contributed by atoms with E-state index in [-0.39, 0.29) is 0 Å². The lowest BCUT2D eigenvalue weighted by Crippen LogP contribution is -1.89. The Labute approximate surface area is 107 Å². The van der Waals surface area contributed by atoms with Crippen LogP contribution in [-0.2, 0) is 0 Å². The van der Waals surface area contributed by atoms with Gasteiger partial charge in [-0.25, -0.2) is 0 Å². The first-order chi connectivity index (χ1) is 8.13. The number of hydrogen-bond donors (Lipinski definition) is 0. The highest BCUT2D eigenvalue weighted by molar-refractivity contribution is 6.33. The first-order valence-corrected chi connectivity index (χ1v) is 5.84. The van der Waals surface area contributed by atoms with E-state index >= 15 is 0 Å². The average molecular weight is 241 g/mol. The molecule has 2 aromatic rings. The summed E-state index contributed by atoms with van der Waals surface area (Å²) in [4.78, 5) is 0. The molecule has 0 bridgehead atoms. The van der Waals surface area contributed by atoms with Gasteiger partial charge in [-0.3, -0.25) is 0 Å². The normalized spacial score (nSPS) is 10.0. The van der Waals surface area contributed by atoms with Crippen LogP contribution in [0.3, 0.4) is 0 Å². The lowest BCUT2D eigenvalue weighted by Gasteiger charge is -2.12. The molecule has 0 saturated carbocycles. The monoisotopic (exact) mass is 240 g/mol. The highest BCUT2D eigenvalue weighted by Crippen LogP contribution is 2.33. The maximum Gasteiger partial charge on any atom is 0.0485 e. The van der Waals surface area contributed by atoms with Crippen molar-refractivity contribution in [2.24, 2.45) is 0 Å². The van der Waals surface area contributed by atoms with Crippen LogP contribution < -0.4 is 0 Å². The molecule has 0 aliphatic carbocycles. The molecule has 0 aromatic heterocycles. The molecule has 84 valence electrons. The van der Waals surface area contributed by atoms with Gasteiger partial charge in [0.15, 0.2) is 0 Å². The Hall–Kier alpha value is -1.71. The van der Waals surface area contributed by atoms with Gasteiger partial charge in [0.25, 0.3) is 0 Å². The van der Waals surface area contributed by atoms with E-state index in [1.165, 1.54) is 16.7 Å². The number of terminal acetylenes is 1. The van der Waals surface area contributed by atoms with Crippen LogP contribution in [0.25, 0.3) is 11.1 Å². The second-order valence-electron chi connectivity index (χ2n) is 4.11. The minimum Gasteiger partial charge on any atom is -0.115 e. The van der Waals surface area contributed by atoms with Crippen LogP contribution in [0.15, 0.2) is 36.4 Å². The number of halogens is 1. The zero-order chi connectivity index (χ0) is 12.4. The van der Waals surface area contributed by atoms with Gasteiger partial charge in [-0.1, -0.05) is 35.7 Å². The number of hydrogen-bond acceptors (Lipinski definition) is 0. The van der Waals surface area contributed by atoms with Gasteiger partial charge < -0.3 is 0 Å². The summed E-state index contributed by atoms with van der Waals surface area (Å²) < 4.78 is 0. The van der Waals surface area contributed by atoms with Crippen LogP contribution in [0.5, 0.6) is 0 Å².